The summed E-state index contributed by atoms with van der Waals surface area (Å²) in [6, 6.07) is 1.35. The number of amides is 2. The van der Waals surface area contributed by atoms with Gasteiger partial charge < -0.3 is 36.4 Å². The SMILES string of the molecule is NC(CCC(=O)NC(CSC12C=CC3(CCCCCC1)CC(Cc1ccncc1)=CC1C(=O)OC2=C13)C(=O)NC(O)C(=O)O)C(=O)O. The number of carboxylic acids is 2. The molecule has 2 amide bonds. The predicted octanol–water partition coefficient (Wildman–Crippen LogP) is 1.96. The molecule has 13 nitrogen and oxygen atoms in total. The number of carbonyl (C=O) groups is 5. The van der Waals surface area contributed by atoms with E-state index in [9.17, 15) is 29.1 Å². The average molecular weight is 669 g/mol. The third kappa shape index (κ3) is 7.60. The van der Waals surface area contributed by atoms with Crippen molar-refractivity contribution >= 4 is 41.5 Å². The molecular formula is C33H40N4O9S. The van der Waals surface area contributed by atoms with E-state index in [0.717, 1.165) is 55.2 Å². The largest absolute Gasteiger partial charge is 0.480 e. The summed E-state index contributed by atoms with van der Waals surface area (Å²) in [5.74, 6) is -4.92. The van der Waals surface area contributed by atoms with Crippen LogP contribution in [0.4, 0.5) is 0 Å². The van der Waals surface area contributed by atoms with Gasteiger partial charge in [-0.15, -0.1) is 11.8 Å². The number of ether oxygens (including phenoxy) is 1. The molecule has 47 heavy (non-hydrogen) atoms. The van der Waals surface area contributed by atoms with E-state index in [1.807, 2.05) is 23.5 Å². The number of carboxylic acid groups (broad SMARTS) is 2. The van der Waals surface area contributed by atoms with E-state index in [0.29, 0.717) is 18.6 Å². The number of aliphatic hydroxyl groups is 1. The molecule has 0 saturated carbocycles. The zero-order valence-corrected chi connectivity index (χ0v) is 26.7. The topological polar surface area (TPSA) is 218 Å². The molecule has 5 rings (SSSR count). The van der Waals surface area contributed by atoms with Gasteiger partial charge in [0.15, 0.2) is 0 Å². The van der Waals surface area contributed by atoms with Gasteiger partial charge in [-0.25, -0.2) is 4.79 Å². The Kier molecular flexibility index (Phi) is 10.5. The standard InChI is InChI=1S/C33H40N4O9S/c34-22(29(41)42)5-6-24(38)36-23(27(39)37-28(40)30(43)44)18-47-33-10-4-2-1-3-9-32(11-12-33)17-20(15-19-7-13-35-14-8-19)16-21-25(32)26(33)46-31(21)45/h7-8,11-14,16,21-23,28,40H,1-6,9-10,15,17-18,34H2,(H,36,38)(H,37,39)(H,41,42)(H,43,44). The Morgan fingerprint density at radius 3 is 2.47 bits per heavy atom. The molecule has 0 saturated heterocycles. The quantitative estimate of drug-likeness (QED) is 0.101. The van der Waals surface area contributed by atoms with Crippen LogP contribution in [0.15, 0.2) is 59.7 Å². The van der Waals surface area contributed by atoms with Crippen molar-refractivity contribution < 1.29 is 44.0 Å². The van der Waals surface area contributed by atoms with E-state index >= 15 is 0 Å². The van der Waals surface area contributed by atoms with Crippen molar-refractivity contribution in [1.29, 1.82) is 0 Å². The maximum atomic E-state index is 13.5. The molecule has 252 valence electrons. The van der Waals surface area contributed by atoms with Crippen molar-refractivity contribution in [2.75, 3.05) is 5.75 Å². The van der Waals surface area contributed by atoms with Crippen molar-refractivity contribution in [3.63, 3.8) is 0 Å². The van der Waals surface area contributed by atoms with Gasteiger partial charge in [-0.1, -0.05) is 49.5 Å². The van der Waals surface area contributed by atoms with Gasteiger partial charge in [0.25, 0.3) is 0 Å². The van der Waals surface area contributed by atoms with Gasteiger partial charge in [-0.3, -0.25) is 24.2 Å². The Bertz CT molecular complexity index is 1510. The number of aliphatic carboxylic acids is 2. The first-order chi connectivity index (χ1) is 22.4. The van der Waals surface area contributed by atoms with Crippen LogP contribution < -0.4 is 16.4 Å². The normalized spacial score (nSPS) is 26.7. The van der Waals surface area contributed by atoms with E-state index in [2.05, 4.69) is 22.5 Å². The minimum Gasteiger partial charge on any atom is -0.480 e. The van der Waals surface area contributed by atoms with Crippen LogP contribution in [0, 0.1) is 11.3 Å². The molecule has 2 bridgehead atoms. The lowest BCUT2D eigenvalue weighted by atomic mass is 9.60. The third-order valence-electron chi connectivity index (χ3n) is 9.32. The number of allylic oxidation sites excluding steroid dienone is 2. The maximum absolute atomic E-state index is 13.5. The molecule has 1 aromatic rings. The Morgan fingerprint density at radius 2 is 1.77 bits per heavy atom. The van der Waals surface area contributed by atoms with Gasteiger partial charge in [0.05, 0.1) is 4.75 Å². The molecule has 2 heterocycles. The molecule has 6 atom stereocenters. The zero-order chi connectivity index (χ0) is 33.8. The van der Waals surface area contributed by atoms with Gasteiger partial charge in [0, 0.05) is 30.0 Å². The molecular weight excluding hydrogens is 628 g/mol. The number of hydrogen-bond donors (Lipinski definition) is 6. The summed E-state index contributed by atoms with van der Waals surface area (Å²) >= 11 is 1.31. The molecule has 1 aromatic heterocycles. The Hall–Kier alpha value is -4.01. The minimum absolute atomic E-state index is 0.0611. The smallest absolute Gasteiger partial charge is 0.353 e. The van der Waals surface area contributed by atoms with Crippen LogP contribution in [0.2, 0.25) is 0 Å². The molecule has 0 radical (unpaired) electrons. The van der Waals surface area contributed by atoms with Crippen LogP contribution in [-0.4, -0.2) is 78.8 Å². The lowest BCUT2D eigenvalue weighted by molar-refractivity contribution is -0.151. The summed E-state index contributed by atoms with van der Waals surface area (Å²) in [7, 11) is 0. The van der Waals surface area contributed by atoms with Crippen LogP contribution in [0.25, 0.3) is 0 Å². The van der Waals surface area contributed by atoms with Gasteiger partial charge in [0.1, 0.15) is 23.8 Å². The first kappa shape index (κ1) is 34.3. The second kappa shape index (κ2) is 14.4. The summed E-state index contributed by atoms with van der Waals surface area (Å²) in [6.45, 7) is 0. The fraction of sp³-hybridized carbons (Fsp3) is 0.515. The number of pyridine rings is 1. The van der Waals surface area contributed by atoms with E-state index < -0.39 is 58.1 Å². The highest BCUT2D eigenvalue weighted by atomic mass is 32.2. The number of aromatic nitrogens is 1. The molecule has 14 heteroatoms. The van der Waals surface area contributed by atoms with Crippen molar-refractivity contribution in [2.24, 2.45) is 17.1 Å². The summed E-state index contributed by atoms with van der Waals surface area (Å²) < 4.78 is 5.30. The molecule has 0 aromatic carbocycles. The van der Waals surface area contributed by atoms with E-state index in [4.69, 9.17) is 20.7 Å². The molecule has 3 aliphatic carbocycles. The molecule has 4 aliphatic rings. The van der Waals surface area contributed by atoms with Crippen LogP contribution >= 0.6 is 11.8 Å². The van der Waals surface area contributed by atoms with Crippen molar-refractivity contribution in [2.45, 2.75) is 87.3 Å². The fourth-order valence-electron chi connectivity index (χ4n) is 6.94. The number of carbonyl (C=O) groups excluding carboxylic acids is 3. The monoisotopic (exact) mass is 668 g/mol. The highest BCUT2D eigenvalue weighted by Gasteiger charge is 2.56. The second-order valence-electron chi connectivity index (χ2n) is 12.6. The van der Waals surface area contributed by atoms with Crippen molar-refractivity contribution in [1.82, 2.24) is 15.6 Å². The second-order valence-corrected chi connectivity index (χ2v) is 14.0. The van der Waals surface area contributed by atoms with E-state index in [1.165, 1.54) is 11.8 Å². The van der Waals surface area contributed by atoms with Crippen LogP contribution in [0.5, 0.6) is 0 Å². The predicted molar refractivity (Wildman–Crippen MR) is 170 cm³/mol. The van der Waals surface area contributed by atoms with Crippen molar-refractivity contribution in [3.05, 3.63) is 65.2 Å². The average Bonchev–Trinajstić information content (AvgIpc) is 3.39. The zero-order valence-electron chi connectivity index (χ0n) is 25.9. The van der Waals surface area contributed by atoms with E-state index in [-0.39, 0.29) is 24.6 Å². The first-order valence-electron chi connectivity index (χ1n) is 15.8. The summed E-state index contributed by atoms with van der Waals surface area (Å²) in [5, 5.41) is 32.5. The highest BCUT2D eigenvalue weighted by molar-refractivity contribution is 8.01. The number of fused-ring (bicyclic) bond motifs is 2. The van der Waals surface area contributed by atoms with Gasteiger partial charge >= 0.3 is 17.9 Å². The lowest BCUT2D eigenvalue weighted by Crippen LogP contribution is -2.53. The highest BCUT2D eigenvalue weighted by Crippen LogP contribution is 2.60. The summed E-state index contributed by atoms with van der Waals surface area (Å²) in [5.41, 5.74) is 8.34. The number of nitrogens with two attached hydrogens (primary N) is 1. The van der Waals surface area contributed by atoms with Crippen LogP contribution in [-0.2, 0) is 35.1 Å². The number of nitrogens with zero attached hydrogens (tertiary/aromatic N) is 1. The number of rotatable bonds is 13. The van der Waals surface area contributed by atoms with Crippen LogP contribution in [0.1, 0.15) is 63.4 Å². The first-order valence-corrected chi connectivity index (χ1v) is 16.8. The Morgan fingerprint density at radius 1 is 1.04 bits per heavy atom. The number of nitrogens with one attached hydrogen (secondary N) is 2. The molecule has 1 spiro atoms. The molecule has 1 aliphatic heterocycles. The van der Waals surface area contributed by atoms with E-state index in [1.54, 1.807) is 12.4 Å². The van der Waals surface area contributed by atoms with Gasteiger partial charge in [-0.05, 0) is 55.4 Å². The number of thioether (sulfide) groups is 1. The fourth-order valence-corrected chi connectivity index (χ4v) is 8.37. The number of hydrogen-bond acceptors (Lipinski definition) is 10. The third-order valence-corrected chi connectivity index (χ3v) is 10.9. The Labute approximate surface area is 276 Å². The van der Waals surface area contributed by atoms with Gasteiger partial charge in [0.2, 0.25) is 18.0 Å². The van der Waals surface area contributed by atoms with Gasteiger partial charge in [-0.2, -0.15) is 0 Å². The van der Waals surface area contributed by atoms with Crippen molar-refractivity contribution in [3.8, 4) is 0 Å². The molecule has 6 unspecified atom stereocenters. The molecule has 7 N–H and O–H groups in total. The van der Waals surface area contributed by atoms with Crippen LogP contribution in [0.3, 0.4) is 0 Å². The maximum Gasteiger partial charge on any atom is 0.353 e. The molecule has 0 fully saturated rings. The number of aliphatic hydroxyl groups excluding tert-OH is 1. The summed E-state index contributed by atoms with van der Waals surface area (Å²) in [6.07, 6.45) is 13.8. The number of esters is 1. The minimum atomic E-state index is -2.20. The lowest BCUT2D eigenvalue weighted by Gasteiger charge is -2.45. The summed E-state index contributed by atoms with van der Waals surface area (Å²) in [4.78, 5) is 65.9. The Balaban J connectivity index is 1.44.